The van der Waals surface area contributed by atoms with Crippen molar-refractivity contribution >= 4 is 6.09 Å². The van der Waals surface area contributed by atoms with Crippen molar-refractivity contribution in [3.8, 4) is 0 Å². The summed E-state index contributed by atoms with van der Waals surface area (Å²) in [6.07, 6.45) is 0.415. The summed E-state index contributed by atoms with van der Waals surface area (Å²) in [5.74, 6) is 0.0159. The molecule has 1 aliphatic rings. The topological polar surface area (TPSA) is 87.5 Å². The van der Waals surface area contributed by atoms with E-state index in [2.05, 4.69) is 10.0 Å². The van der Waals surface area contributed by atoms with Crippen LogP contribution in [0.2, 0.25) is 0 Å². The molecule has 0 aromatic carbocycles. The first-order valence-electron chi connectivity index (χ1n) is 6.39. The van der Waals surface area contributed by atoms with Crippen LogP contribution in [0.15, 0.2) is 5.11 Å². The van der Waals surface area contributed by atoms with Crippen molar-refractivity contribution < 1.29 is 14.3 Å². The molecule has 0 aromatic heterocycles. The number of nitrogens with zero attached hydrogens (tertiary/aromatic N) is 4. The minimum absolute atomic E-state index is 0.0159. The van der Waals surface area contributed by atoms with E-state index < -0.39 is 5.60 Å². The quantitative estimate of drug-likeness (QED) is 0.448. The molecule has 7 nitrogen and oxygen atoms in total. The molecule has 1 aliphatic heterocycles. The fourth-order valence-electron chi connectivity index (χ4n) is 2.13. The molecule has 2 atom stereocenters. The summed E-state index contributed by atoms with van der Waals surface area (Å²) in [4.78, 5) is 16.4. The van der Waals surface area contributed by atoms with Gasteiger partial charge in [-0.3, -0.25) is 0 Å². The van der Waals surface area contributed by atoms with E-state index in [0.29, 0.717) is 19.6 Å². The molecule has 0 aliphatic carbocycles. The zero-order valence-corrected chi connectivity index (χ0v) is 12.0. The molecule has 0 bridgehead atoms. The average Bonchev–Trinajstić information content (AvgIpc) is 2.33. The van der Waals surface area contributed by atoms with Crippen LogP contribution in [0.1, 0.15) is 27.2 Å². The lowest BCUT2D eigenvalue weighted by Crippen LogP contribution is -2.49. The van der Waals surface area contributed by atoms with Gasteiger partial charge in [0.15, 0.2) is 0 Å². The first kappa shape index (κ1) is 15.6. The van der Waals surface area contributed by atoms with Crippen molar-refractivity contribution in [2.45, 2.75) is 38.9 Å². The second-order valence-electron chi connectivity index (χ2n) is 5.66. The lowest BCUT2D eigenvalue weighted by Gasteiger charge is -2.37. The number of hydrogen-bond donors (Lipinski definition) is 0. The van der Waals surface area contributed by atoms with Gasteiger partial charge in [-0.15, -0.1) is 0 Å². The SMILES string of the molecule is COC1CCN(C(=O)OC(C)(C)C)CC1CN=[N+]=[N-]. The van der Waals surface area contributed by atoms with Gasteiger partial charge in [0.05, 0.1) is 6.10 Å². The Morgan fingerprint density at radius 1 is 1.53 bits per heavy atom. The van der Waals surface area contributed by atoms with Crippen molar-refractivity contribution in [3.63, 3.8) is 0 Å². The third-order valence-electron chi connectivity index (χ3n) is 3.00. The van der Waals surface area contributed by atoms with E-state index in [1.165, 1.54) is 0 Å². The van der Waals surface area contributed by atoms with Crippen LogP contribution in [0.25, 0.3) is 10.4 Å². The standard InChI is InChI=1S/C12H22N4O3/c1-12(2,3)19-11(17)16-6-5-10(18-4)9(8-16)7-14-15-13/h9-10H,5-8H2,1-4H3. The monoisotopic (exact) mass is 270 g/mol. The van der Waals surface area contributed by atoms with Gasteiger partial charge >= 0.3 is 6.09 Å². The van der Waals surface area contributed by atoms with Crippen LogP contribution in [0, 0.1) is 5.92 Å². The summed E-state index contributed by atoms with van der Waals surface area (Å²) in [5, 5.41) is 3.58. The van der Waals surface area contributed by atoms with Crippen molar-refractivity contribution in [2.75, 3.05) is 26.7 Å². The zero-order valence-electron chi connectivity index (χ0n) is 12.0. The number of azide groups is 1. The highest BCUT2D eigenvalue weighted by atomic mass is 16.6. The number of piperidine rings is 1. The molecule has 0 aromatic rings. The van der Waals surface area contributed by atoms with Crippen LogP contribution < -0.4 is 0 Å². The van der Waals surface area contributed by atoms with Gasteiger partial charge in [-0.05, 0) is 32.7 Å². The lowest BCUT2D eigenvalue weighted by atomic mass is 9.95. The largest absolute Gasteiger partial charge is 0.444 e. The second kappa shape index (κ2) is 6.63. The highest BCUT2D eigenvalue weighted by Crippen LogP contribution is 2.22. The fourth-order valence-corrected chi connectivity index (χ4v) is 2.13. The molecule has 7 heteroatoms. The van der Waals surface area contributed by atoms with E-state index in [1.807, 2.05) is 20.8 Å². The van der Waals surface area contributed by atoms with E-state index in [-0.39, 0.29) is 18.1 Å². The van der Waals surface area contributed by atoms with Crippen LogP contribution in [0.4, 0.5) is 4.79 Å². The molecule has 0 radical (unpaired) electrons. The smallest absolute Gasteiger partial charge is 0.410 e. The summed E-state index contributed by atoms with van der Waals surface area (Å²) >= 11 is 0. The maximum Gasteiger partial charge on any atom is 0.410 e. The minimum atomic E-state index is -0.504. The molecular formula is C12H22N4O3. The Hall–Kier alpha value is -1.46. The van der Waals surface area contributed by atoms with Gasteiger partial charge in [-0.1, -0.05) is 5.11 Å². The van der Waals surface area contributed by atoms with Crippen LogP contribution in [0.5, 0.6) is 0 Å². The van der Waals surface area contributed by atoms with Gasteiger partial charge in [0.1, 0.15) is 5.60 Å². The molecule has 1 heterocycles. The lowest BCUT2D eigenvalue weighted by molar-refractivity contribution is -0.0214. The Morgan fingerprint density at radius 2 is 2.21 bits per heavy atom. The van der Waals surface area contributed by atoms with Crippen LogP contribution >= 0.6 is 0 Å². The number of hydrogen-bond acceptors (Lipinski definition) is 4. The van der Waals surface area contributed by atoms with Crippen molar-refractivity contribution in [3.05, 3.63) is 10.4 Å². The van der Waals surface area contributed by atoms with Gasteiger partial charge in [0.2, 0.25) is 0 Å². The number of carbonyl (C=O) groups excluding carboxylic acids is 1. The molecular weight excluding hydrogens is 248 g/mol. The first-order valence-corrected chi connectivity index (χ1v) is 6.39. The van der Waals surface area contributed by atoms with Gasteiger partial charge in [0, 0.05) is 37.6 Å². The normalized spacial score (nSPS) is 23.7. The van der Waals surface area contributed by atoms with Crippen molar-refractivity contribution in [1.29, 1.82) is 0 Å². The molecule has 0 N–H and O–H groups in total. The number of likely N-dealkylation sites (tertiary alicyclic amines) is 1. The predicted octanol–water partition coefficient (Wildman–Crippen LogP) is 2.57. The maximum atomic E-state index is 12.0. The second-order valence-corrected chi connectivity index (χ2v) is 5.66. The summed E-state index contributed by atoms with van der Waals surface area (Å²) in [6, 6.07) is 0. The number of carbonyl (C=O) groups is 1. The Kier molecular flexibility index (Phi) is 5.44. The van der Waals surface area contributed by atoms with Gasteiger partial charge in [-0.25, -0.2) is 4.79 Å². The molecule has 19 heavy (non-hydrogen) atoms. The third kappa shape index (κ3) is 4.96. The maximum absolute atomic E-state index is 12.0. The van der Waals surface area contributed by atoms with Crippen molar-refractivity contribution in [2.24, 2.45) is 11.0 Å². The van der Waals surface area contributed by atoms with E-state index >= 15 is 0 Å². The molecule has 0 saturated carbocycles. The summed E-state index contributed by atoms with van der Waals surface area (Å²) in [7, 11) is 1.64. The average molecular weight is 270 g/mol. The molecule has 2 unspecified atom stereocenters. The number of methoxy groups -OCH3 is 1. The molecule has 0 spiro atoms. The summed E-state index contributed by atoms with van der Waals surface area (Å²) in [5.41, 5.74) is 7.89. The van der Waals surface area contributed by atoms with Crippen LogP contribution in [-0.2, 0) is 9.47 Å². The highest BCUT2D eigenvalue weighted by Gasteiger charge is 2.33. The zero-order chi connectivity index (χ0) is 14.5. The fraction of sp³-hybridized carbons (Fsp3) is 0.917. The van der Waals surface area contributed by atoms with E-state index in [1.54, 1.807) is 12.0 Å². The third-order valence-corrected chi connectivity index (χ3v) is 3.00. The molecule has 1 fully saturated rings. The molecule has 1 amide bonds. The number of ether oxygens (including phenoxy) is 2. The van der Waals surface area contributed by atoms with E-state index in [9.17, 15) is 4.79 Å². The first-order chi connectivity index (χ1) is 8.87. The Balaban J connectivity index is 2.63. The Labute approximate surface area is 113 Å². The summed E-state index contributed by atoms with van der Waals surface area (Å²) < 4.78 is 10.7. The highest BCUT2D eigenvalue weighted by molar-refractivity contribution is 5.68. The number of rotatable bonds is 3. The van der Waals surface area contributed by atoms with E-state index in [0.717, 1.165) is 6.42 Å². The predicted molar refractivity (Wildman–Crippen MR) is 70.7 cm³/mol. The minimum Gasteiger partial charge on any atom is -0.444 e. The van der Waals surface area contributed by atoms with Gasteiger partial charge in [-0.2, -0.15) is 0 Å². The number of amides is 1. The Bertz CT molecular complexity index is 360. The molecule has 1 rings (SSSR count). The van der Waals surface area contributed by atoms with E-state index in [4.69, 9.17) is 15.0 Å². The molecule has 1 saturated heterocycles. The summed E-state index contributed by atoms with van der Waals surface area (Å²) in [6.45, 7) is 6.93. The van der Waals surface area contributed by atoms with Gasteiger partial charge in [0.25, 0.3) is 0 Å². The van der Waals surface area contributed by atoms with Gasteiger partial charge < -0.3 is 14.4 Å². The van der Waals surface area contributed by atoms with Crippen LogP contribution in [0.3, 0.4) is 0 Å². The van der Waals surface area contributed by atoms with Crippen molar-refractivity contribution in [1.82, 2.24) is 4.90 Å². The molecule has 108 valence electrons. The Morgan fingerprint density at radius 3 is 2.74 bits per heavy atom. The van der Waals surface area contributed by atoms with Crippen LogP contribution in [-0.4, -0.2) is 49.4 Å².